The van der Waals surface area contributed by atoms with Crippen LogP contribution in [0.15, 0.2) is 0 Å². The molecule has 0 aromatic rings. The maximum absolute atomic E-state index is 3.91. The van der Waals surface area contributed by atoms with Crippen molar-refractivity contribution in [2.75, 3.05) is 0 Å². The normalized spacial score (nSPS) is 8.57. The summed E-state index contributed by atoms with van der Waals surface area (Å²) in [6, 6.07) is 0. The largest absolute Gasteiger partial charge is 2.00 e. The van der Waals surface area contributed by atoms with E-state index in [1.165, 1.54) is 0 Å². The minimum atomic E-state index is -0.861. The molecule has 0 amide bonds. The van der Waals surface area contributed by atoms with Crippen LogP contribution in [0.2, 0.25) is 19.6 Å². The predicted molar refractivity (Wildman–Crippen MR) is 34.5 cm³/mol. The van der Waals surface area contributed by atoms with E-state index in [0.29, 0.717) is 0 Å². The summed E-state index contributed by atoms with van der Waals surface area (Å²) in [5, 5.41) is 0. The van der Waals surface area contributed by atoms with Crippen molar-refractivity contribution < 1.29 is 17.0 Å². The Morgan fingerprint density at radius 3 is 1.14 bits per heavy atom. The van der Waals surface area contributed by atoms with Gasteiger partial charge in [0.1, 0.15) is 0 Å². The third-order valence-electron chi connectivity index (χ3n) is 0. The van der Waals surface area contributed by atoms with Crippen molar-refractivity contribution >= 4 is 31.1 Å². The van der Waals surface area contributed by atoms with E-state index in [1.54, 1.807) is 0 Å². The summed E-state index contributed by atoms with van der Waals surface area (Å²) >= 11 is 0. The maximum Gasteiger partial charge on any atom is 2.00 e. The van der Waals surface area contributed by atoms with Gasteiger partial charge in [0.15, 0.2) is 0 Å². The molecular weight excluding hydrogens is 180 g/mol. The zero-order chi connectivity index (χ0) is 4.50. The zero-order valence-electron chi connectivity index (χ0n) is 5.29. The van der Waals surface area contributed by atoms with Gasteiger partial charge in [-0.3, -0.25) is 0 Å². The molecule has 0 rings (SSSR count). The van der Waals surface area contributed by atoms with Gasteiger partial charge in [0.25, 0.3) is 0 Å². The van der Waals surface area contributed by atoms with Crippen LogP contribution < -0.4 is 17.0 Å². The molecule has 0 radical (unpaired) electrons. The van der Waals surface area contributed by atoms with Crippen molar-refractivity contribution in [2.45, 2.75) is 19.6 Å². The molecule has 0 aliphatic heterocycles. The van der Waals surface area contributed by atoms with Crippen molar-refractivity contribution in [2.24, 2.45) is 0 Å². The molecule has 0 bridgehead atoms. The van der Waals surface area contributed by atoms with Crippen LogP contribution in [0.1, 0.15) is 0 Å². The average Bonchev–Trinajstić information content (AvgIpc) is 0.722. The van der Waals surface area contributed by atoms with Crippen LogP contribution >= 0.6 is 0 Å². The molecule has 0 heterocycles. The smallest absolute Gasteiger partial charge is 1.00 e. The summed E-state index contributed by atoms with van der Waals surface area (Å²) in [7, 11) is -0.861. The van der Waals surface area contributed by atoms with Crippen LogP contribution in [-0.2, 0) is 0 Å². The van der Waals surface area contributed by atoms with Crippen molar-refractivity contribution in [1.29, 1.82) is 0 Å². The van der Waals surface area contributed by atoms with Gasteiger partial charge < -0.3 is 23.5 Å². The van der Waals surface area contributed by atoms with Crippen LogP contribution in [0, 0.1) is 6.55 Å². The Morgan fingerprint density at radius 1 is 1.14 bits per heavy atom. The minimum absolute atomic E-state index is 0. The standard InChI is InChI=1S/C4H11Si.BrH.Mg/c1-5(2,3)4;;/h1H2,2-4H3;1H;/q-1;;+2/p-1. The second-order valence-corrected chi connectivity index (χ2v) is 7.68. The van der Waals surface area contributed by atoms with Gasteiger partial charge in [-0.2, -0.15) is 0 Å². The number of rotatable bonds is 0. The van der Waals surface area contributed by atoms with Crippen molar-refractivity contribution in [3.63, 3.8) is 0 Å². The molecular formula is C4H11BrMgSi. The van der Waals surface area contributed by atoms with Gasteiger partial charge in [-0.1, -0.05) is 19.6 Å². The Hall–Kier alpha value is 1.46. The number of hydrogen-bond donors (Lipinski definition) is 0. The average molecular weight is 191 g/mol. The molecule has 0 saturated heterocycles. The SMILES string of the molecule is [Br-].[CH2-][Si](C)(C)C.[Mg+2]. The molecule has 0 spiro atoms. The van der Waals surface area contributed by atoms with E-state index >= 15 is 0 Å². The molecule has 0 atom stereocenters. The summed E-state index contributed by atoms with van der Waals surface area (Å²) in [6.07, 6.45) is 0. The fourth-order valence-corrected chi connectivity index (χ4v) is 0. The monoisotopic (exact) mass is 190 g/mol. The van der Waals surface area contributed by atoms with E-state index in [-0.39, 0.29) is 40.0 Å². The summed E-state index contributed by atoms with van der Waals surface area (Å²) in [5.41, 5.74) is 0. The molecule has 0 N–H and O–H groups in total. The summed E-state index contributed by atoms with van der Waals surface area (Å²) in [6.45, 7) is 10.6. The number of hydrogen-bond acceptors (Lipinski definition) is 0. The molecule has 0 aromatic carbocycles. The van der Waals surface area contributed by atoms with Crippen LogP contribution in [0.3, 0.4) is 0 Å². The Labute approximate surface area is 74.0 Å². The van der Waals surface area contributed by atoms with Crippen LogP contribution in [0.5, 0.6) is 0 Å². The van der Waals surface area contributed by atoms with Gasteiger partial charge in [0.2, 0.25) is 0 Å². The van der Waals surface area contributed by atoms with E-state index < -0.39 is 8.07 Å². The topological polar surface area (TPSA) is 0 Å². The van der Waals surface area contributed by atoms with Crippen LogP contribution in [0.4, 0.5) is 0 Å². The molecule has 0 fully saturated rings. The quantitative estimate of drug-likeness (QED) is 0.317. The molecule has 0 nitrogen and oxygen atoms in total. The molecule has 40 valence electrons. The Kier molecular flexibility index (Phi) is 12.6. The molecule has 0 saturated carbocycles. The first kappa shape index (κ1) is 15.8. The molecule has 0 aromatic heterocycles. The zero-order valence-corrected chi connectivity index (χ0v) is 9.29. The summed E-state index contributed by atoms with van der Waals surface area (Å²) in [5.74, 6) is 0. The van der Waals surface area contributed by atoms with E-state index in [1.807, 2.05) is 0 Å². The van der Waals surface area contributed by atoms with Crippen LogP contribution in [-0.4, -0.2) is 31.1 Å². The Morgan fingerprint density at radius 2 is 1.14 bits per heavy atom. The molecule has 7 heavy (non-hydrogen) atoms. The van der Waals surface area contributed by atoms with Crippen molar-refractivity contribution in [3.05, 3.63) is 6.55 Å². The molecule has 0 aliphatic rings. The van der Waals surface area contributed by atoms with Crippen molar-refractivity contribution in [3.8, 4) is 0 Å². The molecule has 0 unspecified atom stereocenters. The fraction of sp³-hybridized carbons (Fsp3) is 0.750. The molecule has 0 aliphatic carbocycles. The van der Waals surface area contributed by atoms with E-state index in [9.17, 15) is 0 Å². The second-order valence-electron chi connectivity index (χ2n) is 2.56. The van der Waals surface area contributed by atoms with Gasteiger partial charge in [-0.05, 0) is 0 Å². The fourth-order valence-electron chi connectivity index (χ4n) is 0. The first-order chi connectivity index (χ1) is 2.00. The van der Waals surface area contributed by atoms with Crippen LogP contribution in [0.25, 0.3) is 0 Å². The Balaban J connectivity index is -0.0000000800. The first-order valence-electron chi connectivity index (χ1n) is 1.85. The minimum Gasteiger partial charge on any atom is -1.00 e. The third-order valence-corrected chi connectivity index (χ3v) is 0. The summed E-state index contributed by atoms with van der Waals surface area (Å²) < 4.78 is 0. The van der Waals surface area contributed by atoms with Gasteiger partial charge >= 0.3 is 23.1 Å². The number of halogens is 1. The third kappa shape index (κ3) is 104. The van der Waals surface area contributed by atoms with E-state index in [4.69, 9.17) is 0 Å². The van der Waals surface area contributed by atoms with E-state index in [0.717, 1.165) is 0 Å². The predicted octanol–water partition coefficient (Wildman–Crippen LogP) is -1.68. The van der Waals surface area contributed by atoms with Crippen molar-refractivity contribution in [1.82, 2.24) is 0 Å². The first-order valence-corrected chi connectivity index (χ1v) is 5.56. The molecule has 3 heteroatoms. The maximum atomic E-state index is 3.91. The van der Waals surface area contributed by atoms with Gasteiger partial charge in [0.05, 0.1) is 0 Å². The second kappa shape index (κ2) is 5.60. The van der Waals surface area contributed by atoms with E-state index in [2.05, 4.69) is 26.2 Å². The van der Waals surface area contributed by atoms with Gasteiger partial charge in [-0.15, -0.1) is 8.07 Å². The Bertz CT molecular complexity index is 27.2. The van der Waals surface area contributed by atoms with Gasteiger partial charge in [-0.25, -0.2) is 0 Å². The summed E-state index contributed by atoms with van der Waals surface area (Å²) in [4.78, 5) is 0. The van der Waals surface area contributed by atoms with Gasteiger partial charge in [0, 0.05) is 0 Å².